The molecule has 4 N–H and O–H groups in total. The Labute approximate surface area is 186 Å². The molecule has 1 aromatic carbocycles. The van der Waals surface area contributed by atoms with Crippen molar-refractivity contribution in [3.8, 4) is 0 Å². The van der Waals surface area contributed by atoms with Crippen LogP contribution in [0.1, 0.15) is 6.42 Å². The van der Waals surface area contributed by atoms with E-state index in [0.29, 0.717) is 0 Å². The quantitative estimate of drug-likeness (QED) is 0.596. The molecule has 4 atom stereocenters. The molecule has 32 heavy (non-hydrogen) atoms. The van der Waals surface area contributed by atoms with Crippen LogP contribution >= 0.6 is 0 Å². The van der Waals surface area contributed by atoms with Gasteiger partial charge >= 0.3 is 0 Å². The maximum atomic E-state index is 14.5. The molecule has 0 radical (unpaired) electrons. The molecule has 1 saturated heterocycles. The number of fused-ring (bicyclic) bond motifs is 2. The van der Waals surface area contributed by atoms with E-state index in [0.717, 1.165) is 44.5 Å². The number of nitrogens with one attached hydrogen (secondary N) is 2. The van der Waals surface area contributed by atoms with Gasteiger partial charge in [0, 0.05) is 43.6 Å². The van der Waals surface area contributed by atoms with Crippen LogP contribution in [0.5, 0.6) is 0 Å². The van der Waals surface area contributed by atoms with Gasteiger partial charge in [0.2, 0.25) is 11.9 Å². The summed E-state index contributed by atoms with van der Waals surface area (Å²) in [6, 6.07) is 7.81. The predicted molar refractivity (Wildman–Crippen MR) is 122 cm³/mol. The van der Waals surface area contributed by atoms with Crippen LogP contribution in [0, 0.1) is 23.6 Å². The Morgan fingerprint density at radius 2 is 1.84 bits per heavy atom. The van der Waals surface area contributed by atoms with Crippen molar-refractivity contribution >= 4 is 29.0 Å². The zero-order valence-corrected chi connectivity index (χ0v) is 18.0. The normalized spacial score (nSPS) is 27.0. The topological polar surface area (TPSA) is 99.4 Å². The Hall–Kier alpha value is -3.20. The van der Waals surface area contributed by atoms with Gasteiger partial charge in [0.05, 0.1) is 12.1 Å². The van der Waals surface area contributed by atoms with Gasteiger partial charge in [-0.15, -0.1) is 0 Å². The Morgan fingerprint density at radius 3 is 2.56 bits per heavy atom. The van der Waals surface area contributed by atoms with Crippen LogP contribution in [-0.4, -0.2) is 60.0 Å². The molecule has 2 aromatic rings. The molecule has 0 spiro atoms. The molecule has 168 valence electrons. The number of aromatic nitrogens is 2. The van der Waals surface area contributed by atoms with E-state index in [4.69, 9.17) is 5.73 Å². The monoisotopic (exact) mass is 437 g/mol. The first-order valence-electron chi connectivity index (χ1n) is 11.1. The van der Waals surface area contributed by atoms with Gasteiger partial charge in [-0.2, -0.15) is 4.98 Å². The first-order valence-corrected chi connectivity index (χ1v) is 11.1. The van der Waals surface area contributed by atoms with Crippen molar-refractivity contribution in [2.24, 2.45) is 23.5 Å². The maximum absolute atomic E-state index is 14.5. The number of carbonyl (C=O) groups is 1. The summed E-state index contributed by atoms with van der Waals surface area (Å²) in [7, 11) is 2.14. The van der Waals surface area contributed by atoms with Gasteiger partial charge in [-0.05, 0) is 49.6 Å². The summed E-state index contributed by atoms with van der Waals surface area (Å²) < 4.78 is 14.5. The van der Waals surface area contributed by atoms with Crippen molar-refractivity contribution in [1.82, 2.24) is 14.9 Å². The molecular weight excluding hydrogens is 409 g/mol. The molecule has 2 fully saturated rings. The number of nitrogens with zero attached hydrogens (tertiary/aromatic N) is 4. The molecule has 1 saturated carbocycles. The summed E-state index contributed by atoms with van der Waals surface area (Å²) in [5.74, 6) is -0.674. The lowest BCUT2D eigenvalue weighted by Gasteiger charge is -2.34. The summed E-state index contributed by atoms with van der Waals surface area (Å²) in [5, 5.41) is 6.27. The number of anilines is 4. The fourth-order valence-electron chi connectivity index (χ4n) is 5.04. The smallest absolute Gasteiger partial charge is 0.229 e. The Balaban J connectivity index is 1.28. The zero-order chi connectivity index (χ0) is 22.2. The highest BCUT2D eigenvalue weighted by atomic mass is 19.1. The van der Waals surface area contributed by atoms with Crippen LogP contribution in [0.25, 0.3) is 0 Å². The van der Waals surface area contributed by atoms with Crippen molar-refractivity contribution < 1.29 is 9.18 Å². The summed E-state index contributed by atoms with van der Waals surface area (Å²) in [4.78, 5) is 25.0. The number of amides is 1. The average molecular weight is 438 g/mol. The average Bonchev–Trinajstić information content (AvgIpc) is 3.39. The van der Waals surface area contributed by atoms with Gasteiger partial charge in [-0.1, -0.05) is 12.2 Å². The van der Waals surface area contributed by atoms with Crippen molar-refractivity contribution in [2.75, 3.05) is 48.8 Å². The first-order chi connectivity index (χ1) is 15.5. The fourth-order valence-corrected chi connectivity index (χ4v) is 5.04. The molecule has 1 aromatic heterocycles. The van der Waals surface area contributed by atoms with Crippen LogP contribution in [-0.2, 0) is 4.79 Å². The number of hydrogen-bond donors (Lipinski definition) is 3. The van der Waals surface area contributed by atoms with E-state index < -0.39 is 5.82 Å². The minimum Gasteiger partial charge on any atom is -0.369 e. The number of allylic oxidation sites excluding steroid dienone is 1. The molecule has 2 bridgehead atoms. The van der Waals surface area contributed by atoms with Crippen molar-refractivity contribution in [1.29, 1.82) is 0 Å². The first kappa shape index (κ1) is 20.7. The predicted octanol–water partition coefficient (Wildman–Crippen LogP) is 2.20. The largest absolute Gasteiger partial charge is 0.369 e. The number of piperazine rings is 1. The minimum absolute atomic E-state index is 0.0776. The van der Waals surface area contributed by atoms with Crippen molar-refractivity contribution in [3.63, 3.8) is 0 Å². The number of carbonyl (C=O) groups excluding carboxylic acids is 1. The molecule has 2 heterocycles. The Morgan fingerprint density at radius 1 is 1.12 bits per heavy atom. The molecule has 1 amide bonds. The van der Waals surface area contributed by atoms with Gasteiger partial charge in [0.15, 0.2) is 11.6 Å². The van der Waals surface area contributed by atoms with E-state index in [-0.39, 0.29) is 41.5 Å². The highest BCUT2D eigenvalue weighted by molar-refractivity contribution is 5.79. The number of halogens is 1. The lowest BCUT2D eigenvalue weighted by Crippen LogP contribution is -2.44. The molecule has 4 unspecified atom stereocenters. The number of likely N-dealkylation sites (N-methyl/N-ethyl adjacent to an activating group) is 1. The summed E-state index contributed by atoms with van der Waals surface area (Å²) >= 11 is 0. The second kappa shape index (κ2) is 8.38. The van der Waals surface area contributed by atoms with Gasteiger partial charge < -0.3 is 26.2 Å². The van der Waals surface area contributed by atoms with Crippen LogP contribution in [0.15, 0.2) is 42.6 Å². The van der Waals surface area contributed by atoms with Gasteiger partial charge in [-0.25, -0.2) is 9.37 Å². The maximum Gasteiger partial charge on any atom is 0.229 e. The molecule has 8 nitrogen and oxygen atoms in total. The lowest BCUT2D eigenvalue weighted by atomic mass is 9.88. The van der Waals surface area contributed by atoms with Gasteiger partial charge in [0.25, 0.3) is 0 Å². The van der Waals surface area contributed by atoms with E-state index in [1.165, 1.54) is 5.69 Å². The molecule has 9 heteroatoms. The van der Waals surface area contributed by atoms with E-state index in [1.807, 2.05) is 18.2 Å². The summed E-state index contributed by atoms with van der Waals surface area (Å²) in [5.41, 5.74) is 7.61. The third kappa shape index (κ3) is 4.00. The molecular formula is C23H28FN7O. The van der Waals surface area contributed by atoms with Crippen LogP contribution in [0.3, 0.4) is 0 Å². The fraction of sp³-hybridized carbons (Fsp3) is 0.435. The number of hydrogen-bond acceptors (Lipinski definition) is 7. The molecule has 3 aliphatic rings. The number of rotatable bonds is 6. The standard InChI is InChI=1S/C23H28FN7O/c1-30-8-10-31(11-9-30)17-6-4-16(5-7-17)27-23-26-13-18(24)22(29-23)28-20-15-3-2-14(12-15)19(20)21(25)32/h2-7,13-15,19-20H,8-12H2,1H3,(H2,25,32)(H2,26,27,28,29). The Kier molecular flexibility index (Phi) is 5.42. The summed E-state index contributed by atoms with van der Waals surface area (Å²) in [6.07, 6.45) is 6.09. The lowest BCUT2D eigenvalue weighted by molar-refractivity contribution is -0.122. The molecule has 2 aliphatic carbocycles. The van der Waals surface area contributed by atoms with E-state index in [9.17, 15) is 9.18 Å². The number of primary amides is 1. The third-order valence-electron chi connectivity index (χ3n) is 6.83. The highest BCUT2D eigenvalue weighted by Gasteiger charge is 2.47. The Bertz CT molecular complexity index is 1020. The van der Waals surface area contributed by atoms with Crippen LogP contribution in [0.2, 0.25) is 0 Å². The third-order valence-corrected chi connectivity index (χ3v) is 6.83. The van der Waals surface area contributed by atoms with E-state index >= 15 is 0 Å². The highest BCUT2D eigenvalue weighted by Crippen LogP contribution is 2.44. The number of nitrogens with two attached hydrogens (primary N) is 1. The van der Waals surface area contributed by atoms with Crippen molar-refractivity contribution in [2.45, 2.75) is 12.5 Å². The van der Waals surface area contributed by atoms with Crippen LogP contribution in [0.4, 0.5) is 27.5 Å². The zero-order valence-electron chi connectivity index (χ0n) is 18.0. The number of benzene rings is 1. The SMILES string of the molecule is CN1CCN(c2ccc(Nc3ncc(F)c(NC4C5C=CC(C5)C4C(N)=O)n3)cc2)CC1. The summed E-state index contributed by atoms with van der Waals surface area (Å²) in [6.45, 7) is 4.11. The second-order valence-electron chi connectivity index (χ2n) is 8.90. The van der Waals surface area contributed by atoms with E-state index in [1.54, 1.807) is 0 Å². The molecule has 1 aliphatic heterocycles. The van der Waals surface area contributed by atoms with E-state index in [2.05, 4.69) is 55.7 Å². The minimum atomic E-state index is -0.559. The molecule has 5 rings (SSSR count). The van der Waals surface area contributed by atoms with Crippen molar-refractivity contribution in [3.05, 3.63) is 48.4 Å². The second-order valence-corrected chi connectivity index (χ2v) is 8.90. The van der Waals surface area contributed by atoms with Crippen LogP contribution < -0.4 is 21.3 Å². The van der Waals surface area contributed by atoms with Gasteiger partial charge in [-0.3, -0.25) is 4.79 Å². The van der Waals surface area contributed by atoms with Gasteiger partial charge in [0.1, 0.15) is 0 Å².